The van der Waals surface area contributed by atoms with Gasteiger partial charge in [0.1, 0.15) is 32.8 Å². The van der Waals surface area contributed by atoms with Gasteiger partial charge in [0.15, 0.2) is 21.9 Å². The minimum absolute atomic E-state index is 0.525. The molecular formula is C35H17N3O4S2. The SMILES string of the molecule is c1ccc2oc(-c3ccc(-c4nc5cc6cc7oc(-c8cnc(-c9cc%10ccccc%10o9)s8)nc7cc6cc5o4)s3)cc2c1. The normalized spacial score (nSPS) is 12.1. The zero-order chi connectivity index (χ0) is 28.8. The van der Waals surface area contributed by atoms with Gasteiger partial charge in [0.05, 0.1) is 16.0 Å². The van der Waals surface area contributed by atoms with Crippen LogP contribution in [0.15, 0.2) is 121 Å². The van der Waals surface area contributed by atoms with Crippen LogP contribution in [0.3, 0.4) is 0 Å². The highest BCUT2D eigenvalue weighted by molar-refractivity contribution is 7.18. The van der Waals surface area contributed by atoms with Gasteiger partial charge in [-0.3, -0.25) is 0 Å². The van der Waals surface area contributed by atoms with Crippen molar-refractivity contribution >= 4 is 77.6 Å². The minimum Gasteiger partial charge on any atom is -0.455 e. The van der Waals surface area contributed by atoms with E-state index in [-0.39, 0.29) is 0 Å². The molecule has 0 bridgehead atoms. The van der Waals surface area contributed by atoms with Crippen molar-refractivity contribution in [3.05, 3.63) is 103 Å². The Kier molecular flexibility index (Phi) is 4.90. The van der Waals surface area contributed by atoms with E-state index in [9.17, 15) is 0 Å². The van der Waals surface area contributed by atoms with Gasteiger partial charge in [0, 0.05) is 10.8 Å². The van der Waals surface area contributed by atoms with Gasteiger partial charge < -0.3 is 17.7 Å². The third-order valence-corrected chi connectivity index (χ3v) is 9.78. The number of para-hydroxylation sites is 2. The molecule has 9 heteroatoms. The maximum absolute atomic E-state index is 6.23. The first-order valence-electron chi connectivity index (χ1n) is 13.9. The summed E-state index contributed by atoms with van der Waals surface area (Å²) in [5.41, 5.74) is 4.66. The van der Waals surface area contributed by atoms with E-state index in [0.29, 0.717) is 22.9 Å². The molecule has 10 aromatic rings. The second-order valence-electron chi connectivity index (χ2n) is 10.5. The number of nitrogens with zero attached hydrogens (tertiary/aromatic N) is 3. The number of benzene rings is 4. The van der Waals surface area contributed by atoms with E-state index >= 15 is 0 Å². The molecule has 0 saturated heterocycles. The molecule has 0 aliphatic rings. The lowest BCUT2D eigenvalue weighted by atomic mass is 10.1. The summed E-state index contributed by atoms with van der Waals surface area (Å²) in [4.78, 5) is 17.0. The molecule has 6 aromatic heterocycles. The molecule has 0 fully saturated rings. The highest BCUT2D eigenvalue weighted by Gasteiger charge is 2.18. The number of oxazole rings is 2. The number of hydrogen-bond acceptors (Lipinski definition) is 9. The van der Waals surface area contributed by atoms with Crippen LogP contribution in [0.2, 0.25) is 0 Å². The van der Waals surface area contributed by atoms with E-state index < -0.39 is 0 Å². The molecule has 0 aliphatic carbocycles. The summed E-state index contributed by atoms with van der Waals surface area (Å²) in [5.74, 6) is 2.67. The molecule has 208 valence electrons. The molecule has 0 aliphatic heterocycles. The first-order valence-corrected chi connectivity index (χ1v) is 15.5. The molecule has 0 N–H and O–H groups in total. The Morgan fingerprint density at radius 2 is 1.05 bits per heavy atom. The summed E-state index contributed by atoms with van der Waals surface area (Å²) in [6, 6.07) is 32.1. The predicted molar refractivity (Wildman–Crippen MR) is 174 cm³/mol. The van der Waals surface area contributed by atoms with Crippen molar-refractivity contribution in [3.63, 3.8) is 0 Å². The molecule has 0 atom stereocenters. The van der Waals surface area contributed by atoms with Crippen LogP contribution in [0.25, 0.3) is 97.9 Å². The van der Waals surface area contributed by atoms with Gasteiger partial charge in [0.2, 0.25) is 11.8 Å². The number of rotatable bonds is 4. The smallest absolute Gasteiger partial charge is 0.239 e. The Bertz CT molecular complexity index is 2380. The largest absolute Gasteiger partial charge is 0.455 e. The molecule has 0 saturated carbocycles. The van der Waals surface area contributed by atoms with Crippen LogP contribution in [-0.2, 0) is 0 Å². The van der Waals surface area contributed by atoms with Crippen molar-refractivity contribution in [2.45, 2.75) is 0 Å². The Hall–Kier alpha value is -5.51. The molecule has 44 heavy (non-hydrogen) atoms. The van der Waals surface area contributed by atoms with E-state index in [1.54, 1.807) is 17.5 Å². The van der Waals surface area contributed by atoms with Gasteiger partial charge in [-0.15, -0.1) is 22.7 Å². The maximum Gasteiger partial charge on any atom is 0.239 e. The first-order chi connectivity index (χ1) is 21.7. The molecule has 4 aromatic carbocycles. The number of aromatic nitrogens is 3. The Morgan fingerprint density at radius 1 is 0.455 bits per heavy atom. The van der Waals surface area contributed by atoms with Crippen LogP contribution < -0.4 is 0 Å². The van der Waals surface area contributed by atoms with Gasteiger partial charge in [-0.25, -0.2) is 15.0 Å². The van der Waals surface area contributed by atoms with Crippen molar-refractivity contribution in [3.8, 4) is 42.9 Å². The van der Waals surface area contributed by atoms with Crippen LogP contribution in [0.5, 0.6) is 0 Å². The average molecular weight is 608 g/mol. The van der Waals surface area contributed by atoms with E-state index in [4.69, 9.17) is 27.6 Å². The van der Waals surface area contributed by atoms with E-state index in [2.05, 4.69) is 17.1 Å². The minimum atomic E-state index is 0.525. The molecule has 0 spiro atoms. The average Bonchev–Trinajstić information content (AvgIpc) is 3.88. The molecular weight excluding hydrogens is 591 g/mol. The van der Waals surface area contributed by atoms with Crippen LogP contribution >= 0.6 is 22.7 Å². The fraction of sp³-hybridized carbons (Fsp3) is 0. The summed E-state index contributed by atoms with van der Waals surface area (Å²) in [6.45, 7) is 0. The topological polar surface area (TPSA) is 91.2 Å². The van der Waals surface area contributed by atoms with Crippen molar-refractivity contribution in [1.29, 1.82) is 0 Å². The predicted octanol–water partition coefficient (Wildman–Crippen LogP) is 10.8. The van der Waals surface area contributed by atoms with E-state index in [1.165, 1.54) is 11.3 Å². The number of thiazole rings is 1. The summed E-state index contributed by atoms with van der Waals surface area (Å²) in [5, 5.41) is 4.89. The molecule has 0 radical (unpaired) electrons. The van der Waals surface area contributed by atoms with Gasteiger partial charge >= 0.3 is 0 Å². The van der Waals surface area contributed by atoms with Crippen molar-refractivity contribution < 1.29 is 17.7 Å². The van der Waals surface area contributed by atoms with Gasteiger partial charge in [-0.2, -0.15) is 0 Å². The lowest BCUT2D eigenvalue weighted by Gasteiger charge is -1.96. The Morgan fingerprint density at radius 3 is 1.73 bits per heavy atom. The summed E-state index contributed by atoms with van der Waals surface area (Å²) in [6.07, 6.45) is 1.78. The van der Waals surface area contributed by atoms with Crippen LogP contribution in [0.4, 0.5) is 0 Å². The third kappa shape index (κ3) is 3.76. The highest BCUT2D eigenvalue weighted by Crippen LogP contribution is 2.39. The molecule has 0 unspecified atom stereocenters. The third-order valence-electron chi connectivity index (χ3n) is 7.69. The molecule has 0 amide bonds. The van der Waals surface area contributed by atoms with E-state index in [0.717, 1.165) is 74.9 Å². The second kappa shape index (κ2) is 9.00. The van der Waals surface area contributed by atoms with Gasteiger partial charge in [0.25, 0.3) is 0 Å². The lowest BCUT2D eigenvalue weighted by Crippen LogP contribution is -1.76. The van der Waals surface area contributed by atoms with Crippen molar-refractivity contribution in [1.82, 2.24) is 15.0 Å². The summed E-state index contributed by atoms with van der Waals surface area (Å²) >= 11 is 3.08. The van der Waals surface area contributed by atoms with Crippen LogP contribution in [0.1, 0.15) is 0 Å². The standard InChI is InChI=1S/C35H17N3O4S2/c1-3-7-24-18(5-1)13-28(39-24)30-9-10-31(43-30)33-37-22-11-20-16-27-23(12-21(20)15-26(22)41-33)38-34(42-27)32-17-36-35(44-32)29-14-19-6-2-4-8-25(19)40-29/h1-17H. The zero-order valence-electron chi connectivity index (χ0n) is 22.6. The number of thiophene rings is 1. The fourth-order valence-electron chi connectivity index (χ4n) is 5.57. The van der Waals surface area contributed by atoms with Crippen LogP contribution in [0, 0.1) is 0 Å². The number of furan rings is 2. The molecule has 10 rings (SSSR count). The van der Waals surface area contributed by atoms with Crippen LogP contribution in [-0.4, -0.2) is 15.0 Å². The molecule has 6 heterocycles. The number of fused-ring (bicyclic) bond motifs is 5. The first kappa shape index (κ1) is 24.0. The zero-order valence-corrected chi connectivity index (χ0v) is 24.2. The van der Waals surface area contributed by atoms with Gasteiger partial charge in [-0.05, 0) is 71.4 Å². The second-order valence-corrected chi connectivity index (χ2v) is 12.6. The Balaban J connectivity index is 0.980. The van der Waals surface area contributed by atoms with Crippen molar-refractivity contribution in [2.75, 3.05) is 0 Å². The van der Waals surface area contributed by atoms with E-state index in [1.807, 2.05) is 84.9 Å². The lowest BCUT2D eigenvalue weighted by molar-refractivity contribution is 0.621. The van der Waals surface area contributed by atoms with Gasteiger partial charge in [-0.1, -0.05) is 36.4 Å². The molecule has 7 nitrogen and oxygen atoms in total. The summed E-state index contributed by atoms with van der Waals surface area (Å²) in [7, 11) is 0. The quantitative estimate of drug-likeness (QED) is 0.196. The Labute approximate surface area is 255 Å². The summed E-state index contributed by atoms with van der Waals surface area (Å²) < 4.78 is 24.5. The monoisotopic (exact) mass is 607 g/mol. The fourth-order valence-corrected chi connectivity index (χ4v) is 7.25. The maximum atomic E-state index is 6.23. The van der Waals surface area contributed by atoms with Crippen molar-refractivity contribution in [2.24, 2.45) is 0 Å². The number of hydrogen-bond donors (Lipinski definition) is 0. The highest BCUT2D eigenvalue weighted by atomic mass is 32.1.